The summed E-state index contributed by atoms with van der Waals surface area (Å²) < 4.78 is 41.1. The van der Waals surface area contributed by atoms with Gasteiger partial charge in [0.15, 0.2) is 0 Å². The highest BCUT2D eigenvalue weighted by Gasteiger charge is 2.22. The van der Waals surface area contributed by atoms with Gasteiger partial charge < -0.3 is 4.74 Å². The van der Waals surface area contributed by atoms with Crippen LogP contribution in [0.3, 0.4) is 0 Å². The summed E-state index contributed by atoms with van der Waals surface area (Å²) in [6.45, 7) is 4.11. The molecule has 0 aliphatic rings. The van der Waals surface area contributed by atoms with Gasteiger partial charge >= 0.3 is 12.1 Å². The lowest BCUT2D eigenvalue weighted by atomic mass is 9.78. The predicted molar refractivity (Wildman–Crippen MR) is 76.0 cm³/mol. The number of hydrogen-bond acceptors (Lipinski definition) is 1. The first-order valence-corrected chi connectivity index (χ1v) is 6.46. The fraction of sp³-hybridized carbons (Fsp3) is 0.176. The molecule has 0 aromatic heterocycles. The van der Waals surface area contributed by atoms with Crippen LogP contribution in [0.2, 0.25) is 0 Å². The van der Waals surface area contributed by atoms with Crippen LogP contribution in [0.25, 0.3) is 0 Å². The largest absolute Gasteiger partial charge is 0.428 e. The van der Waals surface area contributed by atoms with Gasteiger partial charge in [0.2, 0.25) is 0 Å². The second-order valence-corrected chi connectivity index (χ2v) is 5.15. The minimum absolute atomic E-state index is 0.0351. The molecule has 110 valence electrons. The monoisotopic (exact) mass is 292 g/mol. The van der Waals surface area contributed by atoms with Gasteiger partial charge in [0.05, 0.1) is 0 Å². The van der Waals surface area contributed by atoms with Crippen molar-refractivity contribution < 1.29 is 17.9 Å². The minimum Gasteiger partial charge on any atom is -0.428 e. The molecule has 0 heterocycles. The van der Waals surface area contributed by atoms with Gasteiger partial charge in [-0.2, -0.15) is 13.2 Å². The molecule has 0 unspecified atom stereocenters. The van der Waals surface area contributed by atoms with E-state index in [1.165, 1.54) is 12.1 Å². The zero-order valence-electron chi connectivity index (χ0n) is 11.7. The highest BCUT2D eigenvalue weighted by Crippen LogP contribution is 2.32. The van der Waals surface area contributed by atoms with E-state index in [0.717, 1.165) is 11.1 Å². The van der Waals surface area contributed by atoms with Crippen LogP contribution in [0.4, 0.5) is 13.2 Å². The van der Waals surface area contributed by atoms with Crippen molar-refractivity contribution in [3.05, 3.63) is 77.8 Å². The van der Waals surface area contributed by atoms with E-state index < -0.39 is 12.1 Å². The molecule has 0 atom stereocenters. The zero-order valence-corrected chi connectivity index (χ0v) is 11.7. The molecular formula is C17H15F3O. The molecule has 0 fully saturated rings. The van der Waals surface area contributed by atoms with Crippen LogP contribution >= 0.6 is 0 Å². The van der Waals surface area contributed by atoms with Crippen molar-refractivity contribution in [1.82, 2.24) is 0 Å². The molecule has 4 heteroatoms. The number of benzene rings is 2. The van der Waals surface area contributed by atoms with Crippen LogP contribution < -0.4 is 4.74 Å². The maximum atomic E-state index is 12.7. The molecule has 0 N–H and O–H groups in total. The molecule has 0 saturated carbocycles. The van der Waals surface area contributed by atoms with Crippen molar-refractivity contribution >= 4 is 0 Å². The van der Waals surface area contributed by atoms with Crippen molar-refractivity contribution in [3.8, 4) is 5.75 Å². The van der Waals surface area contributed by atoms with Crippen molar-refractivity contribution in [2.75, 3.05) is 0 Å². The number of rotatable bonds is 4. The highest BCUT2D eigenvalue weighted by atomic mass is 19.3. The third kappa shape index (κ3) is 3.45. The molecule has 2 rings (SSSR count). The lowest BCUT2D eigenvalue weighted by Crippen LogP contribution is -2.18. The van der Waals surface area contributed by atoms with Crippen LogP contribution in [0.1, 0.15) is 25.0 Å². The molecule has 2 aromatic carbocycles. The first kappa shape index (κ1) is 15.2. The van der Waals surface area contributed by atoms with E-state index in [1.54, 1.807) is 12.1 Å². The molecular weight excluding hydrogens is 277 g/mol. The first-order chi connectivity index (χ1) is 9.91. The van der Waals surface area contributed by atoms with Gasteiger partial charge in [-0.25, -0.2) is 0 Å². The summed E-state index contributed by atoms with van der Waals surface area (Å²) in [6, 6.07) is 14.5. The van der Waals surface area contributed by atoms with Gasteiger partial charge in [0.25, 0.3) is 0 Å². The molecule has 2 aromatic rings. The smallest absolute Gasteiger partial charge is 0.344 e. The van der Waals surface area contributed by atoms with E-state index in [4.69, 9.17) is 0 Å². The van der Waals surface area contributed by atoms with Crippen LogP contribution in [-0.2, 0) is 5.41 Å². The average Bonchev–Trinajstić information content (AvgIpc) is 2.48. The molecule has 0 aliphatic heterocycles. The van der Waals surface area contributed by atoms with Crippen molar-refractivity contribution in [3.63, 3.8) is 0 Å². The number of hydrogen-bond donors (Lipinski definition) is 0. The lowest BCUT2D eigenvalue weighted by Gasteiger charge is -2.26. The maximum absolute atomic E-state index is 12.7. The summed E-state index contributed by atoms with van der Waals surface area (Å²) in [4.78, 5) is 0. The molecule has 0 spiro atoms. The van der Waals surface area contributed by atoms with Gasteiger partial charge in [-0.3, -0.25) is 0 Å². The second-order valence-electron chi connectivity index (χ2n) is 5.15. The zero-order chi connectivity index (χ0) is 15.5. The molecule has 0 aliphatic carbocycles. The SMILES string of the molecule is CC(C)(c1ccccc1)c1ccc(OC(F)=C(F)F)cc1. The number of halogens is 3. The molecule has 0 amide bonds. The summed E-state index contributed by atoms with van der Waals surface area (Å²) >= 11 is 0. The Labute approximate surface area is 121 Å². The summed E-state index contributed by atoms with van der Waals surface area (Å²) in [7, 11) is 0. The molecule has 0 radical (unpaired) electrons. The molecule has 0 bridgehead atoms. The Bertz CT molecular complexity index is 627. The van der Waals surface area contributed by atoms with Gasteiger partial charge in [0, 0.05) is 5.41 Å². The predicted octanol–water partition coefficient (Wildman–Crippen LogP) is 5.43. The van der Waals surface area contributed by atoms with E-state index in [2.05, 4.69) is 18.6 Å². The summed E-state index contributed by atoms with van der Waals surface area (Å²) in [5.41, 5.74) is 1.85. The Balaban J connectivity index is 2.25. The minimum atomic E-state index is -2.47. The Morgan fingerprint density at radius 3 is 1.86 bits per heavy atom. The van der Waals surface area contributed by atoms with Crippen molar-refractivity contribution in [2.45, 2.75) is 19.3 Å². The van der Waals surface area contributed by atoms with Crippen LogP contribution in [0, 0.1) is 0 Å². The van der Waals surface area contributed by atoms with Crippen LogP contribution in [0.15, 0.2) is 66.7 Å². The summed E-state index contributed by atoms with van der Waals surface area (Å²) in [5.74, 6) is 0.0351. The normalized spacial score (nSPS) is 11.1. The maximum Gasteiger partial charge on any atom is 0.344 e. The molecule has 0 saturated heterocycles. The van der Waals surface area contributed by atoms with Crippen LogP contribution in [0.5, 0.6) is 5.75 Å². The Hall–Kier alpha value is -2.23. The third-order valence-corrected chi connectivity index (χ3v) is 3.43. The Morgan fingerprint density at radius 2 is 1.33 bits per heavy atom. The lowest BCUT2D eigenvalue weighted by molar-refractivity contribution is 0.241. The van der Waals surface area contributed by atoms with Gasteiger partial charge in [-0.15, -0.1) is 0 Å². The van der Waals surface area contributed by atoms with Crippen LogP contribution in [-0.4, -0.2) is 0 Å². The third-order valence-electron chi connectivity index (χ3n) is 3.43. The second kappa shape index (κ2) is 6.04. The number of ether oxygens (including phenoxy) is 1. The average molecular weight is 292 g/mol. The van der Waals surface area contributed by atoms with E-state index in [0.29, 0.717) is 0 Å². The van der Waals surface area contributed by atoms with Gasteiger partial charge in [0.1, 0.15) is 5.75 Å². The fourth-order valence-electron chi connectivity index (χ4n) is 2.10. The van der Waals surface area contributed by atoms with E-state index in [-0.39, 0.29) is 11.2 Å². The van der Waals surface area contributed by atoms with Crippen molar-refractivity contribution in [2.24, 2.45) is 0 Å². The summed E-state index contributed by atoms with van der Waals surface area (Å²) in [5, 5.41) is 0. The molecule has 21 heavy (non-hydrogen) atoms. The van der Waals surface area contributed by atoms with Crippen molar-refractivity contribution in [1.29, 1.82) is 0 Å². The standard InChI is InChI=1S/C17H15F3O/c1-17(2,12-6-4-3-5-7-12)13-8-10-14(11-9-13)21-16(20)15(18)19/h3-11H,1-2H3. The molecule has 1 nitrogen and oxygen atoms in total. The summed E-state index contributed by atoms with van der Waals surface area (Å²) in [6.07, 6.45) is -2.47. The van der Waals surface area contributed by atoms with E-state index in [9.17, 15) is 13.2 Å². The van der Waals surface area contributed by atoms with E-state index in [1.807, 2.05) is 30.3 Å². The highest BCUT2D eigenvalue weighted by molar-refractivity contribution is 5.40. The fourth-order valence-corrected chi connectivity index (χ4v) is 2.10. The van der Waals surface area contributed by atoms with Gasteiger partial charge in [-0.1, -0.05) is 56.3 Å². The van der Waals surface area contributed by atoms with E-state index >= 15 is 0 Å². The first-order valence-electron chi connectivity index (χ1n) is 6.46. The Morgan fingerprint density at radius 1 is 0.810 bits per heavy atom. The topological polar surface area (TPSA) is 9.23 Å². The van der Waals surface area contributed by atoms with Gasteiger partial charge in [-0.05, 0) is 23.3 Å². The Kier molecular flexibility index (Phi) is 4.36. The quantitative estimate of drug-likeness (QED) is 0.683.